The van der Waals surface area contributed by atoms with Crippen molar-refractivity contribution in [2.75, 3.05) is 11.9 Å². The van der Waals surface area contributed by atoms with Gasteiger partial charge >= 0.3 is 0 Å². The van der Waals surface area contributed by atoms with Crippen molar-refractivity contribution in [3.8, 4) is 6.07 Å². The fourth-order valence-electron chi connectivity index (χ4n) is 3.17. The third-order valence-electron chi connectivity index (χ3n) is 4.43. The van der Waals surface area contributed by atoms with E-state index in [4.69, 9.17) is 0 Å². The van der Waals surface area contributed by atoms with Gasteiger partial charge in [-0.05, 0) is 58.1 Å². The van der Waals surface area contributed by atoms with Crippen molar-refractivity contribution >= 4 is 11.6 Å². The van der Waals surface area contributed by atoms with Crippen molar-refractivity contribution < 1.29 is 4.79 Å². The van der Waals surface area contributed by atoms with Gasteiger partial charge in [-0.25, -0.2) is 0 Å². The zero-order chi connectivity index (χ0) is 17.0. The average molecular weight is 311 g/mol. The van der Waals surface area contributed by atoms with E-state index in [1.165, 1.54) is 6.42 Å². The van der Waals surface area contributed by atoms with E-state index in [-0.39, 0.29) is 11.5 Å². The summed E-state index contributed by atoms with van der Waals surface area (Å²) in [5.41, 5.74) is 4.15. The molecular weight excluding hydrogens is 286 g/mol. The number of nitrogens with zero attached hydrogens (tertiary/aromatic N) is 2. The summed E-state index contributed by atoms with van der Waals surface area (Å²) >= 11 is 0. The summed E-state index contributed by atoms with van der Waals surface area (Å²) in [5.74, 6) is -0.333. The Hall–Kier alpha value is -2.28. The van der Waals surface area contributed by atoms with Crippen LogP contribution in [0.25, 0.3) is 0 Å². The number of hydrogen-bond acceptors (Lipinski definition) is 3. The van der Waals surface area contributed by atoms with Crippen LogP contribution in [0.2, 0.25) is 0 Å². The minimum atomic E-state index is -0.333. The zero-order valence-electron chi connectivity index (χ0n) is 14.4. The Morgan fingerprint density at radius 1 is 1.30 bits per heavy atom. The molecule has 1 heterocycles. The number of nitriles is 1. The summed E-state index contributed by atoms with van der Waals surface area (Å²) < 4.78 is 0. The Morgan fingerprint density at radius 2 is 1.96 bits per heavy atom. The summed E-state index contributed by atoms with van der Waals surface area (Å²) in [4.78, 5) is 14.6. The first-order chi connectivity index (χ1) is 10.9. The van der Waals surface area contributed by atoms with Crippen molar-refractivity contribution in [3.05, 3.63) is 40.6 Å². The van der Waals surface area contributed by atoms with E-state index in [9.17, 15) is 10.1 Å². The van der Waals surface area contributed by atoms with Gasteiger partial charge in [-0.2, -0.15) is 5.26 Å². The molecule has 1 aromatic carbocycles. The third kappa shape index (κ3) is 4.13. The molecule has 0 saturated carbocycles. The van der Waals surface area contributed by atoms with Crippen LogP contribution in [0.5, 0.6) is 0 Å². The maximum Gasteiger partial charge on any atom is 0.267 e. The third-order valence-corrected chi connectivity index (χ3v) is 4.43. The molecule has 0 aromatic heterocycles. The lowest BCUT2D eigenvalue weighted by Crippen LogP contribution is -2.34. The minimum absolute atomic E-state index is 0.165. The number of carbonyl (C=O) groups excluding carboxylic acids is 1. The molecule has 0 bridgehead atoms. The van der Waals surface area contributed by atoms with Crippen molar-refractivity contribution in [2.24, 2.45) is 0 Å². The largest absolute Gasteiger partial charge is 0.373 e. The number of nitrogens with one attached hydrogen (secondary N) is 1. The highest BCUT2D eigenvalue weighted by molar-refractivity contribution is 6.07. The molecule has 1 aliphatic rings. The van der Waals surface area contributed by atoms with Crippen molar-refractivity contribution in [1.82, 2.24) is 4.90 Å². The molecule has 1 atom stereocenters. The lowest BCUT2D eigenvalue weighted by atomic mass is 10.0. The van der Waals surface area contributed by atoms with Crippen molar-refractivity contribution in [1.29, 1.82) is 5.26 Å². The summed E-state index contributed by atoms with van der Waals surface area (Å²) in [7, 11) is 0. The second-order valence-corrected chi connectivity index (χ2v) is 6.47. The Balaban J connectivity index is 2.20. The van der Waals surface area contributed by atoms with E-state index < -0.39 is 0 Å². The van der Waals surface area contributed by atoms with E-state index in [0.29, 0.717) is 6.04 Å². The normalized spacial score (nSPS) is 18.5. The molecule has 1 aliphatic heterocycles. The number of aryl methyl sites for hydroxylation is 3. The molecule has 0 spiro atoms. The van der Waals surface area contributed by atoms with E-state index in [2.05, 4.69) is 17.1 Å². The highest BCUT2D eigenvalue weighted by Crippen LogP contribution is 2.23. The van der Waals surface area contributed by atoms with Gasteiger partial charge in [0.2, 0.25) is 0 Å². The molecule has 1 saturated heterocycles. The van der Waals surface area contributed by atoms with E-state index in [1.54, 1.807) is 6.20 Å². The molecule has 4 heteroatoms. The second kappa shape index (κ2) is 7.32. The van der Waals surface area contributed by atoms with Gasteiger partial charge < -0.3 is 10.2 Å². The maximum absolute atomic E-state index is 12.5. The number of rotatable bonds is 3. The fourth-order valence-corrected chi connectivity index (χ4v) is 3.17. The van der Waals surface area contributed by atoms with Crippen molar-refractivity contribution in [3.63, 3.8) is 0 Å². The van der Waals surface area contributed by atoms with Crippen molar-refractivity contribution in [2.45, 2.75) is 53.0 Å². The predicted octanol–water partition coefficient (Wildman–Crippen LogP) is 3.83. The quantitative estimate of drug-likeness (QED) is 0.682. The molecule has 1 amide bonds. The number of likely N-dealkylation sites (tertiary alicyclic amines) is 1. The smallest absolute Gasteiger partial charge is 0.267 e. The first kappa shape index (κ1) is 17.1. The summed E-state index contributed by atoms with van der Waals surface area (Å²) in [5, 5.41) is 12.3. The van der Waals surface area contributed by atoms with Crippen LogP contribution in [0, 0.1) is 32.1 Å². The van der Waals surface area contributed by atoms with Gasteiger partial charge in [0.05, 0.1) is 0 Å². The van der Waals surface area contributed by atoms with Gasteiger partial charge in [0, 0.05) is 24.5 Å². The monoisotopic (exact) mass is 311 g/mol. The highest BCUT2D eigenvalue weighted by Gasteiger charge is 2.19. The summed E-state index contributed by atoms with van der Waals surface area (Å²) in [6.07, 6.45) is 5.14. The van der Waals surface area contributed by atoms with Gasteiger partial charge in [-0.15, -0.1) is 0 Å². The molecule has 1 aromatic rings. The molecule has 1 unspecified atom stereocenters. The number of hydrogen-bond donors (Lipinski definition) is 1. The number of amides is 1. The first-order valence-electron chi connectivity index (χ1n) is 8.19. The van der Waals surface area contributed by atoms with Crippen LogP contribution in [0.15, 0.2) is 23.9 Å². The number of carbonyl (C=O) groups is 1. The number of piperidine rings is 1. The second-order valence-electron chi connectivity index (χ2n) is 6.47. The number of anilines is 1. The fraction of sp³-hybridized carbons (Fsp3) is 0.474. The molecule has 122 valence electrons. The Morgan fingerprint density at radius 3 is 2.52 bits per heavy atom. The van der Waals surface area contributed by atoms with Gasteiger partial charge in [-0.3, -0.25) is 4.79 Å². The van der Waals surface area contributed by atoms with Crippen LogP contribution in [-0.4, -0.2) is 23.4 Å². The molecule has 23 heavy (non-hydrogen) atoms. The van der Waals surface area contributed by atoms with E-state index in [0.717, 1.165) is 41.8 Å². The van der Waals surface area contributed by atoms with Crippen LogP contribution >= 0.6 is 0 Å². The molecule has 2 rings (SSSR count). The average Bonchev–Trinajstić information content (AvgIpc) is 2.49. The topological polar surface area (TPSA) is 56.1 Å². The van der Waals surface area contributed by atoms with Crippen LogP contribution in [0.1, 0.15) is 42.9 Å². The number of benzene rings is 1. The van der Waals surface area contributed by atoms with Crippen LogP contribution in [0.4, 0.5) is 5.69 Å². The predicted molar refractivity (Wildman–Crippen MR) is 93.0 cm³/mol. The van der Waals surface area contributed by atoms with Gasteiger partial charge in [0.15, 0.2) is 0 Å². The first-order valence-corrected chi connectivity index (χ1v) is 8.19. The molecule has 1 N–H and O–H groups in total. The summed E-state index contributed by atoms with van der Waals surface area (Å²) in [6, 6.07) is 6.49. The molecule has 4 nitrogen and oxygen atoms in total. The lowest BCUT2D eigenvalue weighted by molar-refractivity contribution is -0.112. The Labute approximate surface area is 138 Å². The molecule has 1 fully saturated rings. The standard InChI is InChI=1S/C19H25N3O/c1-13-9-14(2)18(15(3)10-13)21-19(23)17(11-20)12-22-8-6-5-7-16(22)4/h9-10,12,16H,5-8H2,1-4H3,(H,21,23)/b17-12-. The SMILES string of the molecule is Cc1cc(C)c(NC(=O)/C(C#N)=C\N2CCCCC2C)c(C)c1. The van der Waals surface area contributed by atoms with E-state index >= 15 is 0 Å². The molecular formula is C19H25N3O. The van der Waals surface area contributed by atoms with Gasteiger partial charge in [0.1, 0.15) is 11.6 Å². The summed E-state index contributed by atoms with van der Waals surface area (Å²) in [6.45, 7) is 9.01. The van der Waals surface area contributed by atoms with Crippen LogP contribution in [-0.2, 0) is 4.79 Å². The minimum Gasteiger partial charge on any atom is -0.373 e. The molecule has 0 radical (unpaired) electrons. The highest BCUT2D eigenvalue weighted by atomic mass is 16.1. The molecule has 0 aliphatic carbocycles. The van der Waals surface area contributed by atoms with Crippen LogP contribution in [0.3, 0.4) is 0 Å². The Bertz CT molecular complexity index is 647. The maximum atomic E-state index is 12.5. The zero-order valence-corrected chi connectivity index (χ0v) is 14.4. The van der Waals surface area contributed by atoms with Gasteiger partial charge in [0.25, 0.3) is 5.91 Å². The lowest BCUT2D eigenvalue weighted by Gasteiger charge is -2.32. The van der Waals surface area contributed by atoms with Gasteiger partial charge in [-0.1, -0.05) is 17.7 Å². The van der Waals surface area contributed by atoms with E-state index in [1.807, 2.05) is 39.0 Å². The Kier molecular flexibility index (Phi) is 5.44. The van der Waals surface area contributed by atoms with Crippen LogP contribution < -0.4 is 5.32 Å².